The first-order chi connectivity index (χ1) is 24.0. The number of alkyl halides is 3. The highest BCUT2D eigenvalue weighted by atomic mass is 35.5. The highest BCUT2D eigenvalue weighted by Gasteiger charge is 2.49. The van der Waals surface area contributed by atoms with Crippen molar-refractivity contribution >= 4 is 46.5 Å². The number of aliphatic hydroxyl groups excluding tert-OH is 1. The van der Waals surface area contributed by atoms with E-state index in [1.54, 1.807) is 34.9 Å². The van der Waals surface area contributed by atoms with Crippen LogP contribution in [-0.4, -0.2) is 94.5 Å². The van der Waals surface area contributed by atoms with Gasteiger partial charge in [-0.1, -0.05) is 79.8 Å². The Morgan fingerprint density at radius 2 is 1.67 bits per heavy atom. The summed E-state index contributed by atoms with van der Waals surface area (Å²) in [5.41, 5.74) is 4.39. The number of halogens is 4. The first kappa shape index (κ1) is 37.4. The zero-order valence-electron chi connectivity index (χ0n) is 28.4. The average Bonchev–Trinajstić information content (AvgIpc) is 3.72. The fourth-order valence-corrected chi connectivity index (χ4v) is 8.15. The lowest BCUT2D eigenvalue weighted by molar-refractivity contribution is -0.169. The number of pyridine rings is 1. The fraction of sp³-hybridized carbons (Fsp3) is 0.441. The number of fused-ring (bicyclic) bond motifs is 2. The number of rotatable bonds is 11. The number of hydrogen-bond donors (Lipinski definition) is 1. The number of carbonyl (C=O) groups excluding carboxylic acids is 1. The first-order valence-corrected chi connectivity index (χ1v) is 22.4. The molecule has 2 fully saturated rings. The van der Waals surface area contributed by atoms with Crippen LogP contribution in [0.15, 0.2) is 59.0 Å². The quantitative estimate of drug-likeness (QED) is 0.137. The molecule has 51 heavy (non-hydrogen) atoms. The van der Waals surface area contributed by atoms with E-state index in [4.69, 9.17) is 40.5 Å². The fourth-order valence-electron chi connectivity index (χ4n) is 5.81. The second-order valence-electron chi connectivity index (χ2n) is 13.9. The number of hydrogen-bond acceptors (Lipinski definition) is 9. The van der Waals surface area contributed by atoms with Crippen molar-refractivity contribution < 1.29 is 46.2 Å². The molecule has 0 radical (unpaired) electrons. The van der Waals surface area contributed by atoms with E-state index in [-0.39, 0.29) is 31.7 Å². The van der Waals surface area contributed by atoms with Crippen LogP contribution in [0.25, 0.3) is 33.5 Å². The van der Waals surface area contributed by atoms with E-state index < -0.39 is 54.3 Å². The van der Waals surface area contributed by atoms with Crippen LogP contribution in [0.2, 0.25) is 30.7 Å². The number of imidazole rings is 1. The second kappa shape index (κ2) is 14.6. The van der Waals surface area contributed by atoms with Crippen LogP contribution in [0.4, 0.5) is 13.2 Å². The molecule has 4 aromatic rings. The Labute approximate surface area is 299 Å². The molecule has 1 unspecified atom stereocenters. The van der Waals surface area contributed by atoms with Crippen LogP contribution in [0.3, 0.4) is 0 Å². The Morgan fingerprint density at radius 1 is 1.04 bits per heavy atom. The smallest absolute Gasteiger partial charge is 0.456 e. The Balaban J connectivity index is 1.23. The van der Waals surface area contributed by atoms with Gasteiger partial charge in [0.25, 0.3) is 0 Å². The van der Waals surface area contributed by atoms with Crippen molar-refractivity contribution in [3.63, 3.8) is 0 Å². The maximum atomic E-state index is 12.6. The predicted molar refractivity (Wildman–Crippen MR) is 189 cm³/mol. The lowest BCUT2D eigenvalue weighted by atomic mass is 10.0. The van der Waals surface area contributed by atoms with Gasteiger partial charge in [-0.2, -0.15) is 22.5 Å². The molecule has 11 nitrogen and oxygen atoms in total. The maximum absolute atomic E-state index is 12.6. The summed E-state index contributed by atoms with van der Waals surface area (Å²) in [6, 6.07) is 17.2. The van der Waals surface area contributed by atoms with E-state index in [2.05, 4.69) is 24.0 Å². The maximum Gasteiger partial charge on any atom is 0.474 e. The second-order valence-corrected chi connectivity index (χ2v) is 22.3. The summed E-state index contributed by atoms with van der Waals surface area (Å²) in [6.07, 6.45) is -6.24. The molecule has 0 bridgehead atoms. The van der Waals surface area contributed by atoms with Gasteiger partial charge in [0.05, 0.1) is 39.4 Å². The number of benzene rings is 2. The zero-order valence-corrected chi connectivity index (χ0v) is 30.9. The number of aromatic nitrogens is 3. The van der Waals surface area contributed by atoms with E-state index in [0.29, 0.717) is 34.1 Å². The van der Waals surface area contributed by atoms with Gasteiger partial charge in [-0.05, 0) is 28.8 Å². The Bertz CT molecular complexity index is 2030. The van der Waals surface area contributed by atoms with Gasteiger partial charge >= 0.3 is 18.1 Å². The van der Waals surface area contributed by atoms with Crippen molar-refractivity contribution in [3.8, 4) is 28.4 Å². The first-order valence-electron chi connectivity index (χ1n) is 16.2. The molecular weight excluding hydrogens is 729 g/mol. The Morgan fingerprint density at radius 3 is 2.31 bits per heavy atom. The third-order valence-corrected chi connectivity index (χ3v) is 11.9. The molecule has 0 spiro atoms. The molecule has 2 saturated heterocycles. The molecule has 1 N–H and O–H groups in total. The van der Waals surface area contributed by atoms with Gasteiger partial charge in [-0.25, -0.2) is 9.19 Å². The van der Waals surface area contributed by atoms with Crippen LogP contribution in [0.1, 0.15) is 5.56 Å². The Kier molecular flexibility index (Phi) is 10.7. The number of amides is 1. The molecule has 0 saturated carbocycles. The summed E-state index contributed by atoms with van der Waals surface area (Å²) in [6.45, 7) is 7.94. The van der Waals surface area contributed by atoms with Crippen molar-refractivity contribution in [1.82, 2.24) is 14.5 Å². The normalized spacial score (nSPS) is 21.8. The van der Waals surface area contributed by atoms with Gasteiger partial charge in [0.2, 0.25) is 0 Å². The van der Waals surface area contributed by atoms with Gasteiger partial charge in [0.15, 0.2) is 11.8 Å². The minimum atomic E-state index is -5.17. The summed E-state index contributed by atoms with van der Waals surface area (Å²) in [5, 5.41) is 10.6. The monoisotopic (exact) mass is 766 g/mol. The third kappa shape index (κ3) is 8.81. The van der Waals surface area contributed by atoms with E-state index >= 15 is 0 Å². The summed E-state index contributed by atoms with van der Waals surface area (Å²) in [4.78, 5) is 20.8. The van der Waals surface area contributed by atoms with Crippen molar-refractivity contribution in [1.29, 1.82) is 0 Å². The van der Waals surface area contributed by atoms with Crippen molar-refractivity contribution in [2.24, 2.45) is 4.36 Å². The third-order valence-electron chi connectivity index (χ3n) is 8.49. The SMILES string of the molecule is C[Si](C)(C)CCOCn1c(O[C@@H]2CO[C@H]3[C@@H]2OC[C@H]3O)nc2cc(Cl)c(-c3ccc(-c4ccc(CS(C)(=O)=NC(=O)C(F)(F)F)cc4)cc3)nc21. The number of ether oxygens (including phenoxy) is 4. The van der Waals surface area contributed by atoms with Crippen molar-refractivity contribution in [2.45, 2.75) is 68.8 Å². The molecular formula is C34H38ClF3N4O7SSi. The van der Waals surface area contributed by atoms with E-state index in [1.165, 1.54) is 0 Å². The van der Waals surface area contributed by atoms with Crippen LogP contribution >= 0.6 is 11.6 Å². The topological polar surface area (TPSA) is 134 Å². The largest absolute Gasteiger partial charge is 0.474 e. The number of carbonyl (C=O) groups is 1. The van der Waals surface area contributed by atoms with Gasteiger partial charge in [-0.15, -0.1) is 0 Å². The number of aliphatic hydroxyl groups is 1. The van der Waals surface area contributed by atoms with Gasteiger partial charge in [-0.3, -0.25) is 9.36 Å². The lowest BCUT2D eigenvalue weighted by Gasteiger charge is -2.19. The molecule has 2 aliphatic rings. The van der Waals surface area contributed by atoms with Gasteiger partial charge in [0, 0.05) is 26.5 Å². The highest BCUT2D eigenvalue weighted by molar-refractivity contribution is 7.92. The lowest BCUT2D eigenvalue weighted by Crippen LogP contribution is -2.35. The molecule has 2 aliphatic heterocycles. The van der Waals surface area contributed by atoms with Crippen molar-refractivity contribution in [2.75, 3.05) is 26.1 Å². The molecule has 2 aromatic heterocycles. The molecule has 17 heteroatoms. The average molecular weight is 767 g/mol. The van der Waals surface area contributed by atoms with Gasteiger partial charge in [0.1, 0.15) is 30.6 Å². The molecule has 2 aromatic carbocycles. The molecule has 1 amide bonds. The molecule has 274 valence electrons. The Hall–Kier alpha value is -3.38. The number of nitrogens with zero attached hydrogens (tertiary/aromatic N) is 4. The van der Waals surface area contributed by atoms with Crippen LogP contribution in [0.5, 0.6) is 6.01 Å². The minimum Gasteiger partial charge on any atom is -0.456 e. The molecule has 5 atom stereocenters. The van der Waals surface area contributed by atoms with Crippen molar-refractivity contribution in [3.05, 3.63) is 65.2 Å². The van der Waals surface area contributed by atoms with E-state index in [0.717, 1.165) is 29.0 Å². The summed E-state index contributed by atoms with van der Waals surface area (Å²) in [5.74, 6) is -2.66. The summed E-state index contributed by atoms with van der Waals surface area (Å²) in [7, 11) is -4.77. The summed E-state index contributed by atoms with van der Waals surface area (Å²) >= 11 is 6.76. The standard InChI is InChI=1S/C34H38ClF3N4O7SSi/c1-50(45,41-32(44)34(36,37)38)18-20-5-7-21(8-6-20)22-9-11-23(12-10-22)28-24(35)15-25-31(40-28)42(19-46-13-14-51(2,3)4)33(39-25)49-27-17-48-29-26(43)16-47-30(27)29/h5-12,15,26-27,29-30,43H,13-14,16-19H2,1-4H3/t26-,27-,29-,30-,50?/m1/s1. The van der Waals surface area contributed by atoms with Crippen LogP contribution in [0, 0.1) is 0 Å². The zero-order chi connectivity index (χ0) is 36.7. The predicted octanol–water partition coefficient (Wildman–Crippen LogP) is 6.32. The van der Waals surface area contributed by atoms with E-state index in [9.17, 15) is 27.3 Å². The highest BCUT2D eigenvalue weighted by Crippen LogP contribution is 2.35. The van der Waals surface area contributed by atoms with Crippen LogP contribution < -0.4 is 4.74 Å². The molecule has 6 rings (SSSR count). The van der Waals surface area contributed by atoms with E-state index in [1.807, 2.05) is 24.3 Å². The summed E-state index contributed by atoms with van der Waals surface area (Å²) < 4.78 is 78.9. The molecule has 4 heterocycles. The minimum absolute atomic E-state index is 0.143. The van der Waals surface area contributed by atoms with Gasteiger partial charge < -0.3 is 24.1 Å². The van der Waals surface area contributed by atoms with Crippen LogP contribution in [-0.2, 0) is 41.2 Å². The molecule has 0 aliphatic carbocycles.